The molecule has 0 atom stereocenters. The molecule has 0 aliphatic carbocycles. The Morgan fingerprint density at radius 3 is 2.39 bits per heavy atom. The van der Waals surface area contributed by atoms with E-state index in [2.05, 4.69) is 36.4 Å². The zero-order valence-corrected chi connectivity index (χ0v) is 10.4. The first-order chi connectivity index (χ1) is 8.49. The van der Waals surface area contributed by atoms with Crippen molar-refractivity contribution in [1.82, 2.24) is 10.2 Å². The van der Waals surface area contributed by atoms with Crippen LogP contribution >= 0.6 is 15.9 Å². The maximum absolute atomic E-state index is 13.4. The van der Waals surface area contributed by atoms with Crippen LogP contribution in [0, 0.1) is 11.6 Å². The number of aromatic nitrogens is 2. The van der Waals surface area contributed by atoms with Crippen LogP contribution in [0.3, 0.4) is 0 Å². The molecule has 94 valence electrons. The van der Waals surface area contributed by atoms with Gasteiger partial charge in [0.25, 0.3) is 0 Å². The number of halogens is 3. The van der Waals surface area contributed by atoms with Crippen molar-refractivity contribution in [2.24, 2.45) is 10.2 Å². The smallest absolute Gasteiger partial charge is 0.175 e. The summed E-state index contributed by atoms with van der Waals surface area (Å²) in [5.74, 6) is -1.43. The van der Waals surface area contributed by atoms with Gasteiger partial charge in [-0.25, -0.2) is 8.78 Å². The van der Waals surface area contributed by atoms with E-state index >= 15 is 0 Å². The second-order valence-electron chi connectivity index (χ2n) is 3.29. The van der Waals surface area contributed by atoms with Crippen molar-refractivity contribution in [2.45, 2.75) is 0 Å². The van der Waals surface area contributed by atoms with Crippen LogP contribution in [0.2, 0.25) is 0 Å². The molecule has 2 rings (SSSR count). The van der Waals surface area contributed by atoms with Crippen LogP contribution in [-0.4, -0.2) is 10.2 Å². The quantitative estimate of drug-likeness (QED) is 0.741. The first-order valence-electron chi connectivity index (χ1n) is 4.64. The molecule has 18 heavy (non-hydrogen) atoms. The number of anilines is 2. The van der Waals surface area contributed by atoms with E-state index in [1.54, 1.807) is 0 Å². The fourth-order valence-electron chi connectivity index (χ4n) is 1.20. The van der Waals surface area contributed by atoms with Gasteiger partial charge in [-0.1, -0.05) is 0 Å². The maximum atomic E-state index is 13.4. The van der Waals surface area contributed by atoms with Gasteiger partial charge >= 0.3 is 0 Å². The highest BCUT2D eigenvalue weighted by molar-refractivity contribution is 9.10. The highest BCUT2D eigenvalue weighted by atomic mass is 79.9. The Morgan fingerprint density at radius 2 is 1.83 bits per heavy atom. The molecular formula is C9H7BrF2N6. The minimum absolute atomic E-state index is 0.0369. The van der Waals surface area contributed by atoms with E-state index in [4.69, 9.17) is 11.5 Å². The molecule has 0 radical (unpaired) electrons. The van der Waals surface area contributed by atoms with Crippen LogP contribution in [-0.2, 0) is 0 Å². The third-order valence-corrected chi connectivity index (χ3v) is 2.63. The first kappa shape index (κ1) is 12.4. The summed E-state index contributed by atoms with van der Waals surface area (Å²) in [5, 5.41) is 13.3. The summed E-state index contributed by atoms with van der Waals surface area (Å²) in [6.45, 7) is 0. The van der Waals surface area contributed by atoms with Gasteiger partial charge in [0, 0.05) is 6.07 Å². The molecule has 0 fully saturated rings. The second-order valence-corrected chi connectivity index (χ2v) is 4.14. The Labute approximate surface area is 108 Å². The number of nitrogens with one attached hydrogen (secondary N) is 1. The zero-order valence-electron chi connectivity index (χ0n) is 8.78. The molecule has 1 heterocycles. The van der Waals surface area contributed by atoms with Crippen molar-refractivity contribution in [3.63, 3.8) is 0 Å². The Morgan fingerprint density at radius 1 is 1.17 bits per heavy atom. The lowest BCUT2D eigenvalue weighted by molar-refractivity contribution is 0.582. The molecule has 0 unspecified atom stereocenters. The number of azo groups is 1. The van der Waals surface area contributed by atoms with Crippen molar-refractivity contribution >= 4 is 38.9 Å². The number of hydrogen-bond donors (Lipinski definition) is 3. The third kappa shape index (κ3) is 2.30. The first-order valence-corrected chi connectivity index (χ1v) is 5.44. The van der Waals surface area contributed by atoms with Crippen LogP contribution < -0.4 is 11.5 Å². The molecule has 0 aliphatic rings. The van der Waals surface area contributed by atoms with Crippen molar-refractivity contribution in [3.8, 4) is 0 Å². The lowest BCUT2D eigenvalue weighted by Gasteiger charge is -1.99. The van der Waals surface area contributed by atoms with E-state index in [1.165, 1.54) is 0 Å². The molecule has 1 aromatic heterocycles. The van der Waals surface area contributed by atoms with E-state index in [0.717, 1.165) is 6.07 Å². The molecule has 1 aromatic carbocycles. The summed E-state index contributed by atoms with van der Waals surface area (Å²) in [5.41, 5.74) is 10.9. The fraction of sp³-hybridized carbons (Fsp3) is 0. The molecule has 0 saturated heterocycles. The van der Waals surface area contributed by atoms with Crippen molar-refractivity contribution < 1.29 is 8.78 Å². The van der Waals surface area contributed by atoms with E-state index in [0.29, 0.717) is 6.07 Å². The minimum atomic E-state index is -0.855. The molecule has 0 bridgehead atoms. The van der Waals surface area contributed by atoms with E-state index in [1.807, 2.05) is 0 Å². The summed E-state index contributed by atoms with van der Waals surface area (Å²) in [6, 6.07) is 1.76. The summed E-state index contributed by atoms with van der Waals surface area (Å²) >= 11 is 2.98. The second kappa shape index (κ2) is 4.69. The standard InChI is InChI=1S/C9H7BrF2N6/c10-4-1-3(11)2-5(12)6(4)15-16-7-8(13)17-18-9(7)14/h1-2H,(H5,13,14,17,18). The summed E-state index contributed by atoms with van der Waals surface area (Å²) in [6.07, 6.45) is 0. The van der Waals surface area contributed by atoms with Crippen LogP contribution in [0.1, 0.15) is 0 Å². The highest BCUT2D eigenvalue weighted by Gasteiger charge is 2.11. The number of aromatic amines is 1. The van der Waals surface area contributed by atoms with Crippen LogP contribution in [0.15, 0.2) is 26.8 Å². The Bertz CT molecular complexity index is 581. The van der Waals surface area contributed by atoms with Gasteiger partial charge in [-0.2, -0.15) is 5.10 Å². The average Bonchev–Trinajstić information content (AvgIpc) is 2.58. The van der Waals surface area contributed by atoms with Gasteiger partial charge in [0.1, 0.15) is 17.3 Å². The van der Waals surface area contributed by atoms with Gasteiger partial charge in [0.2, 0.25) is 0 Å². The number of H-pyrrole nitrogens is 1. The SMILES string of the molecule is Nc1n[nH]c(N)c1N=Nc1c(F)cc(F)cc1Br. The van der Waals surface area contributed by atoms with Crippen molar-refractivity contribution in [2.75, 3.05) is 11.5 Å². The topological polar surface area (TPSA) is 105 Å². The van der Waals surface area contributed by atoms with Crippen LogP contribution in [0.5, 0.6) is 0 Å². The zero-order chi connectivity index (χ0) is 13.3. The van der Waals surface area contributed by atoms with Gasteiger partial charge in [0.15, 0.2) is 17.3 Å². The van der Waals surface area contributed by atoms with E-state index in [-0.39, 0.29) is 27.5 Å². The van der Waals surface area contributed by atoms with Gasteiger partial charge in [0.05, 0.1) is 4.47 Å². The summed E-state index contributed by atoms with van der Waals surface area (Å²) in [7, 11) is 0. The van der Waals surface area contributed by atoms with Crippen molar-refractivity contribution in [3.05, 3.63) is 28.2 Å². The lowest BCUT2D eigenvalue weighted by atomic mass is 10.3. The molecule has 0 aliphatic heterocycles. The molecule has 5 N–H and O–H groups in total. The Balaban J connectivity index is 2.41. The Kier molecular flexibility index (Phi) is 3.24. The normalized spacial score (nSPS) is 11.3. The monoisotopic (exact) mass is 316 g/mol. The number of nitrogens with two attached hydrogens (primary N) is 2. The number of benzene rings is 1. The predicted molar refractivity (Wildman–Crippen MR) is 65.6 cm³/mol. The van der Waals surface area contributed by atoms with Gasteiger partial charge in [-0.3, -0.25) is 5.10 Å². The van der Waals surface area contributed by atoms with Crippen molar-refractivity contribution in [1.29, 1.82) is 0 Å². The fourth-order valence-corrected chi connectivity index (χ4v) is 1.69. The molecule has 6 nitrogen and oxygen atoms in total. The molecular weight excluding hydrogens is 310 g/mol. The average molecular weight is 317 g/mol. The van der Waals surface area contributed by atoms with Gasteiger partial charge < -0.3 is 11.5 Å². The third-order valence-electron chi connectivity index (χ3n) is 2.03. The maximum Gasteiger partial charge on any atom is 0.175 e. The number of nitrogen functional groups attached to an aromatic ring is 2. The summed E-state index contributed by atoms with van der Waals surface area (Å²) < 4.78 is 26.4. The molecule has 2 aromatic rings. The highest BCUT2D eigenvalue weighted by Crippen LogP contribution is 2.33. The lowest BCUT2D eigenvalue weighted by Crippen LogP contribution is -1.85. The van der Waals surface area contributed by atoms with E-state index in [9.17, 15) is 8.78 Å². The Hall–Kier alpha value is -2.03. The number of rotatable bonds is 2. The van der Waals surface area contributed by atoms with Crippen LogP contribution in [0.4, 0.5) is 31.8 Å². The largest absolute Gasteiger partial charge is 0.382 e. The summed E-state index contributed by atoms with van der Waals surface area (Å²) in [4.78, 5) is 0. The number of hydrogen-bond acceptors (Lipinski definition) is 5. The molecule has 0 saturated carbocycles. The van der Waals surface area contributed by atoms with Gasteiger partial charge in [-0.05, 0) is 22.0 Å². The van der Waals surface area contributed by atoms with Gasteiger partial charge in [-0.15, -0.1) is 10.2 Å². The number of nitrogens with zero attached hydrogens (tertiary/aromatic N) is 3. The van der Waals surface area contributed by atoms with Crippen LogP contribution in [0.25, 0.3) is 0 Å². The predicted octanol–water partition coefficient (Wildman–Crippen LogP) is 3.03. The molecule has 0 amide bonds. The molecule has 0 spiro atoms. The molecule has 9 heteroatoms. The minimum Gasteiger partial charge on any atom is -0.382 e. The van der Waals surface area contributed by atoms with E-state index < -0.39 is 11.6 Å².